The highest BCUT2D eigenvalue weighted by atomic mass is 32.2. The van der Waals surface area contributed by atoms with E-state index >= 15 is 0 Å². The molecular weight excluding hydrogens is 502 g/mol. The maximum atomic E-state index is 13.9. The average molecular weight is 536 g/mol. The molecular formula is C27H33N7O3S. The first-order valence-electron chi connectivity index (χ1n) is 12.8. The van der Waals surface area contributed by atoms with E-state index in [1.54, 1.807) is 18.3 Å². The van der Waals surface area contributed by atoms with Crippen molar-refractivity contribution in [1.29, 1.82) is 0 Å². The molecule has 5 heterocycles. The minimum atomic E-state index is -4.16. The fraction of sp³-hybridized carbons (Fsp3) is 0.407. The van der Waals surface area contributed by atoms with E-state index in [4.69, 9.17) is 5.73 Å². The standard InChI is InChI=1S/C27H33N7O3S/c1-19-17-27(2,3)34(18-19)26-24(25(28)35)20(10-12-30-26)38(36,37)23-9-6-8-22(31-23)33-15-13-32(14-16-33)21-7-4-5-11-29-21/h4-12,19H,13-18H2,1-3H3,(H2,28,35). The number of primary amides is 1. The number of rotatable bonds is 6. The number of nitrogens with zero attached hydrogens (tertiary/aromatic N) is 6. The summed E-state index contributed by atoms with van der Waals surface area (Å²) in [7, 11) is -4.16. The summed E-state index contributed by atoms with van der Waals surface area (Å²) in [4.78, 5) is 32.1. The highest BCUT2D eigenvalue weighted by Gasteiger charge is 2.40. The molecule has 11 heteroatoms. The van der Waals surface area contributed by atoms with Crippen LogP contribution in [0.2, 0.25) is 0 Å². The summed E-state index contributed by atoms with van der Waals surface area (Å²) in [6.45, 7) is 9.70. The van der Waals surface area contributed by atoms with Crippen LogP contribution in [0.4, 0.5) is 17.5 Å². The van der Waals surface area contributed by atoms with Crippen molar-refractivity contribution >= 4 is 33.2 Å². The number of carbonyl (C=O) groups excluding carboxylic acids is 1. The first-order chi connectivity index (χ1) is 18.1. The summed E-state index contributed by atoms with van der Waals surface area (Å²) in [6, 6.07) is 12.1. The summed E-state index contributed by atoms with van der Waals surface area (Å²) >= 11 is 0. The Balaban J connectivity index is 1.45. The topological polar surface area (TPSA) is 126 Å². The summed E-state index contributed by atoms with van der Waals surface area (Å²) in [5, 5.41) is -0.129. The van der Waals surface area contributed by atoms with Crippen molar-refractivity contribution in [2.75, 3.05) is 47.4 Å². The highest BCUT2D eigenvalue weighted by molar-refractivity contribution is 7.91. The summed E-state index contributed by atoms with van der Waals surface area (Å²) < 4.78 is 27.7. The van der Waals surface area contributed by atoms with E-state index in [1.165, 1.54) is 18.3 Å². The second kappa shape index (κ2) is 9.86. The molecule has 0 aliphatic carbocycles. The lowest BCUT2D eigenvalue weighted by atomic mass is 9.97. The zero-order chi connectivity index (χ0) is 27.1. The van der Waals surface area contributed by atoms with Crippen LogP contribution in [-0.4, -0.2) is 67.5 Å². The molecule has 5 rings (SSSR count). The number of nitrogens with two attached hydrogens (primary N) is 1. The van der Waals surface area contributed by atoms with E-state index < -0.39 is 15.7 Å². The number of hydrogen-bond donors (Lipinski definition) is 1. The molecule has 10 nitrogen and oxygen atoms in total. The van der Waals surface area contributed by atoms with Crippen LogP contribution < -0.4 is 20.4 Å². The Kier molecular flexibility index (Phi) is 6.72. The van der Waals surface area contributed by atoms with Gasteiger partial charge in [0, 0.05) is 50.7 Å². The number of carbonyl (C=O) groups is 1. The van der Waals surface area contributed by atoms with E-state index in [9.17, 15) is 13.2 Å². The SMILES string of the molecule is CC1CN(c2nccc(S(=O)(=O)c3cccc(N4CCN(c5ccccn5)CC4)n3)c2C(N)=O)C(C)(C)C1. The number of pyridine rings is 3. The lowest BCUT2D eigenvalue weighted by molar-refractivity contribution is 0.0997. The number of hydrogen-bond acceptors (Lipinski definition) is 9. The number of amides is 1. The van der Waals surface area contributed by atoms with Gasteiger partial charge in [-0.1, -0.05) is 19.1 Å². The molecule has 2 saturated heterocycles. The predicted octanol–water partition coefficient (Wildman–Crippen LogP) is 2.75. The maximum Gasteiger partial charge on any atom is 0.253 e. The molecule has 1 unspecified atom stereocenters. The van der Waals surface area contributed by atoms with Crippen LogP contribution >= 0.6 is 0 Å². The van der Waals surface area contributed by atoms with E-state index in [1.807, 2.05) is 23.1 Å². The monoisotopic (exact) mass is 535 g/mol. The second-order valence-electron chi connectivity index (χ2n) is 10.6. The fourth-order valence-corrected chi connectivity index (χ4v) is 7.00. The van der Waals surface area contributed by atoms with Gasteiger partial charge in [-0.25, -0.2) is 23.4 Å². The lowest BCUT2D eigenvalue weighted by Gasteiger charge is -2.36. The molecule has 1 amide bonds. The van der Waals surface area contributed by atoms with E-state index in [2.05, 4.69) is 45.5 Å². The lowest BCUT2D eigenvalue weighted by Crippen LogP contribution is -2.47. The maximum absolute atomic E-state index is 13.9. The zero-order valence-electron chi connectivity index (χ0n) is 21.9. The molecule has 2 aliphatic heterocycles. The van der Waals surface area contributed by atoms with Gasteiger partial charge >= 0.3 is 0 Å². The van der Waals surface area contributed by atoms with Gasteiger partial charge in [0.15, 0.2) is 5.03 Å². The summed E-state index contributed by atoms with van der Waals surface area (Å²) in [5.74, 6) is 1.32. The second-order valence-corrected chi connectivity index (χ2v) is 12.5. The molecule has 0 bridgehead atoms. The highest BCUT2D eigenvalue weighted by Crippen LogP contribution is 2.39. The van der Waals surface area contributed by atoms with Crippen molar-refractivity contribution in [3.63, 3.8) is 0 Å². The molecule has 0 aromatic carbocycles. The third kappa shape index (κ3) is 4.78. The molecule has 1 atom stereocenters. The molecule has 2 aliphatic rings. The van der Waals surface area contributed by atoms with Crippen molar-refractivity contribution in [2.45, 2.75) is 42.7 Å². The Morgan fingerprint density at radius 1 is 0.947 bits per heavy atom. The van der Waals surface area contributed by atoms with E-state index in [0.29, 0.717) is 37.2 Å². The molecule has 2 N–H and O–H groups in total. The van der Waals surface area contributed by atoms with Crippen LogP contribution in [0.3, 0.4) is 0 Å². The number of sulfone groups is 1. The molecule has 0 radical (unpaired) electrons. The van der Waals surface area contributed by atoms with Gasteiger partial charge in [0.1, 0.15) is 23.0 Å². The van der Waals surface area contributed by atoms with Gasteiger partial charge in [-0.15, -0.1) is 0 Å². The number of aromatic nitrogens is 3. The predicted molar refractivity (Wildman–Crippen MR) is 146 cm³/mol. The summed E-state index contributed by atoms with van der Waals surface area (Å²) in [6.07, 6.45) is 4.09. The first-order valence-corrected chi connectivity index (χ1v) is 14.3. The third-order valence-corrected chi connectivity index (χ3v) is 9.02. The van der Waals surface area contributed by atoms with Crippen LogP contribution in [-0.2, 0) is 9.84 Å². The molecule has 3 aromatic heterocycles. The fourth-order valence-electron chi connectivity index (χ4n) is 5.60. The van der Waals surface area contributed by atoms with Gasteiger partial charge in [-0.3, -0.25) is 4.79 Å². The van der Waals surface area contributed by atoms with Crippen LogP contribution in [0.25, 0.3) is 0 Å². The molecule has 200 valence electrons. The van der Waals surface area contributed by atoms with Crippen molar-refractivity contribution in [3.05, 3.63) is 60.4 Å². The van der Waals surface area contributed by atoms with Crippen LogP contribution in [0.5, 0.6) is 0 Å². The van der Waals surface area contributed by atoms with Crippen LogP contribution in [0.15, 0.2) is 64.8 Å². The van der Waals surface area contributed by atoms with Gasteiger partial charge in [-0.2, -0.15) is 0 Å². The van der Waals surface area contributed by atoms with Crippen LogP contribution in [0.1, 0.15) is 37.6 Å². The summed E-state index contributed by atoms with van der Waals surface area (Å²) in [5.41, 5.74) is 5.39. The molecule has 38 heavy (non-hydrogen) atoms. The van der Waals surface area contributed by atoms with E-state index in [-0.39, 0.29) is 21.0 Å². The molecule has 2 fully saturated rings. The zero-order valence-corrected chi connectivity index (χ0v) is 22.7. The minimum absolute atomic E-state index is 0.0918. The van der Waals surface area contributed by atoms with Gasteiger partial charge in [0.25, 0.3) is 5.91 Å². The van der Waals surface area contributed by atoms with Crippen LogP contribution in [0, 0.1) is 5.92 Å². The normalized spacial score (nSPS) is 19.6. The van der Waals surface area contributed by atoms with Gasteiger partial charge in [0.05, 0.1) is 4.90 Å². The largest absolute Gasteiger partial charge is 0.365 e. The Morgan fingerprint density at radius 3 is 2.24 bits per heavy atom. The van der Waals surface area contributed by atoms with Crippen molar-refractivity contribution in [3.8, 4) is 0 Å². The minimum Gasteiger partial charge on any atom is -0.365 e. The average Bonchev–Trinajstić information content (AvgIpc) is 3.20. The quantitative estimate of drug-likeness (QED) is 0.507. The van der Waals surface area contributed by atoms with Crippen molar-refractivity contribution in [2.24, 2.45) is 11.7 Å². The van der Waals surface area contributed by atoms with Crippen molar-refractivity contribution in [1.82, 2.24) is 15.0 Å². The Morgan fingerprint density at radius 2 is 1.63 bits per heavy atom. The Labute approximate surface area is 223 Å². The first kappa shape index (κ1) is 25.9. The Bertz CT molecular complexity index is 1440. The van der Waals surface area contributed by atoms with Gasteiger partial charge in [0.2, 0.25) is 9.84 Å². The number of piperazine rings is 1. The van der Waals surface area contributed by atoms with Crippen molar-refractivity contribution < 1.29 is 13.2 Å². The molecule has 3 aromatic rings. The molecule has 0 saturated carbocycles. The van der Waals surface area contributed by atoms with Gasteiger partial charge < -0.3 is 20.4 Å². The smallest absolute Gasteiger partial charge is 0.253 e. The Hall–Kier alpha value is -3.73. The number of anilines is 3. The third-order valence-electron chi connectivity index (χ3n) is 7.32. The van der Waals surface area contributed by atoms with E-state index in [0.717, 1.165) is 25.3 Å². The van der Waals surface area contributed by atoms with Gasteiger partial charge in [-0.05, 0) is 56.5 Å². The molecule has 0 spiro atoms.